The van der Waals surface area contributed by atoms with Gasteiger partial charge in [0.1, 0.15) is 16.5 Å². The molecule has 0 N–H and O–H groups in total. The van der Waals surface area contributed by atoms with Crippen molar-refractivity contribution in [3.05, 3.63) is 59.9 Å². The molecule has 3 rings (SSSR count). The van der Waals surface area contributed by atoms with Crippen LogP contribution in [0.4, 0.5) is 4.39 Å². The lowest BCUT2D eigenvalue weighted by molar-refractivity contribution is 0.484. The number of benzene rings is 2. The fraction of sp³-hybridized carbons (Fsp3) is 0.200. The van der Waals surface area contributed by atoms with Gasteiger partial charge < -0.3 is 4.18 Å². The number of thioether (sulfide) groups is 2. The summed E-state index contributed by atoms with van der Waals surface area (Å²) < 4.78 is 42.8. The summed E-state index contributed by atoms with van der Waals surface area (Å²) in [6.07, 6.45) is 0. The molecule has 1 aliphatic heterocycles. The molecule has 116 valence electrons. The van der Waals surface area contributed by atoms with Gasteiger partial charge in [-0.05, 0) is 35.9 Å². The van der Waals surface area contributed by atoms with E-state index in [1.807, 2.05) is 35.7 Å². The summed E-state index contributed by atoms with van der Waals surface area (Å²) in [5.74, 6) is 1.86. The standard InChI is InChI=1S/C15H13FO3S3/c16-12-2-1-3-14(10-12)22(17,18)19-13-6-4-11(5-7-13)15-20-8-9-21-15/h1-7,10,15H,8-9H2. The van der Waals surface area contributed by atoms with Crippen molar-refractivity contribution < 1.29 is 17.0 Å². The van der Waals surface area contributed by atoms with Gasteiger partial charge in [0, 0.05) is 11.5 Å². The number of rotatable bonds is 4. The molecule has 0 bridgehead atoms. The van der Waals surface area contributed by atoms with Crippen LogP contribution in [0.3, 0.4) is 0 Å². The first kappa shape index (κ1) is 15.7. The molecular weight excluding hydrogens is 343 g/mol. The molecule has 0 spiro atoms. The van der Waals surface area contributed by atoms with Crippen LogP contribution >= 0.6 is 23.5 Å². The zero-order chi connectivity index (χ0) is 15.6. The van der Waals surface area contributed by atoms with E-state index in [0.717, 1.165) is 23.1 Å². The third kappa shape index (κ3) is 3.59. The maximum Gasteiger partial charge on any atom is 0.339 e. The predicted molar refractivity (Wildman–Crippen MR) is 88.3 cm³/mol. The first-order valence-corrected chi connectivity index (χ1v) is 10.1. The van der Waals surface area contributed by atoms with Gasteiger partial charge in [0.05, 0.1) is 4.58 Å². The quantitative estimate of drug-likeness (QED) is 0.773. The van der Waals surface area contributed by atoms with E-state index in [1.54, 1.807) is 12.1 Å². The van der Waals surface area contributed by atoms with E-state index in [1.165, 1.54) is 18.2 Å². The van der Waals surface area contributed by atoms with Crippen LogP contribution < -0.4 is 4.18 Å². The molecule has 0 aliphatic carbocycles. The molecule has 0 unspecified atom stereocenters. The van der Waals surface area contributed by atoms with E-state index < -0.39 is 15.9 Å². The summed E-state index contributed by atoms with van der Waals surface area (Å²) in [5.41, 5.74) is 1.14. The molecule has 1 heterocycles. The van der Waals surface area contributed by atoms with E-state index in [-0.39, 0.29) is 10.6 Å². The van der Waals surface area contributed by atoms with Crippen LogP contribution in [-0.2, 0) is 10.1 Å². The Morgan fingerprint density at radius 1 is 1.05 bits per heavy atom. The average Bonchev–Trinajstić information content (AvgIpc) is 3.02. The Morgan fingerprint density at radius 3 is 2.36 bits per heavy atom. The fourth-order valence-electron chi connectivity index (χ4n) is 2.03. The van der Waals surface area contributed by atoms with Crippen molar-refractivity contribution in [2.75, 3.05) is 11.5 Å². The molecular formula is C15H13FO3S3. The average molecular weight is 356 g/mol. The van der Waals surface area contributed by atoms with E-state index in [4.69, 9.17) is 4.18 Å². The third-order valence-corrected chi connectivity index (χ3v) is 7.41. The van der Waals surface area contributed by atoms with Crippen molar-refractivity contribution >= 4 is 33.6 Å². The molecule has 0 aromatic heterocycles. The summed E-state index contributed by atoms with van der Waals surface area (Å²) in [7, 11) is -4.02. The Morgan fingerprint density at radius 2 is 1.73 bits per heavy atom. The number of hydrogen-bond donors (Lipinski definition) is 0. The minimum Gasteiger partial charge on any atom is -0.379 e. The molecule has 2 aromatic carbocycles. The monoisotopic (exact) mass is 356 g/mol. The van der Waals surface area contributed by atoms with Crippen molar-refractivity contribution in [2.24, 2.45) is 0 Å². The maximum absolute atomic E-state index is 13.1. The van der Waals surface area contributed by atoms with Gasteiger partial charge in [0.25, 0.3) is 0 Å². The van der Waals surface area contributed by atoms with E-state index >= 15 is 0 Å². The molecule has 0 saturated carbocycles. The van der Waals surface area contributed by atoms with Gasteiger partial charge in [-0.15, -0.1) is 23.5 Å². The van der Waals surface area contributed by atoms with Crippen LogP contribution in [0, 0.1) is 5.82 Å². The molecule has 1 aliphatic rings. The minimum absolute atomic E-state index is 0.196. The SMILES string of the molecule is O=S(=O)(Oc1ccc(C2SCCS2)cc1)c1cccc(F)c1. The summed E-state index contributed by atoms with van der Waals surface area (Å²) in [6.45, 7) is 0. The first-order chi connectivity index (χ1) is 10.5. The summed E-state index contributed by atoms with van der Waals surface area (Å²) in [4.78, 5) is -0.196. The van der Waals surface area contributed by atoms with Crippen LogP contribution in [0.15, 0.2) is 53.4 Å². The van der Waals surface area contributed by atoms with Gasteiger partial charge in [-0.1, -0.05) is 18.2 Å². The van der Waals surface area contributed by atoms with Crippen molar-refractivity contribution in [1.82, 2.24) is 0 Å². The zero-order valence-corrected chi connectivity index (χ0v) is 13.9. The molecule has 3 nitrogen and oxygen atoms in total. The molecule has 1 fully saturated rings. The van der Waals surface area contributed by atoms with Gasteiger partial charge in [-0.3, -0.25) is 0 Å². The lowest BCUT2D eigenvalue weighted by Gasteiger charge is -2.10. The summed E-state index contributed by atoms with van der Waals surface area (Å²) >= 11 is 3.75. The van der Waals surface area contributed by atoms with Gasteiger partial charge in [0.15, 0.2) is 0 Å². The summed E-state index contributed by atoms with van der Waals surface area (Å²) in [5, 5.41) is 0. The van der Waals surface area contributed by atoms with E-state index in [9.17, 15) is 12.8 Å². The van der Waals surface area contributed by atoms with Crippen LogP contribution in [0.1, 0.15) is 10.1 Å². The minimum atomic E-state index is -4.02. The van der Waals surface area contributed by atoms with E-state index in [0.29, 0.717) is 4.58 Å². The smallest absolute Gasteiger partial charge is 0.339 e. The number of hydrogen-bond acceptors (Lipinski definition) is 5. The Kier molecular flexibility index (Phi) is 4.65. The highest BCUT2D eigenvalue weighted by atomic mass is 32.2. The second-order valence-electron chi connectivity index (χ2n) is 4.64. The van der Waals surface area contributed by atoms with Gasteiger partial charge >= 0.3 is 10.1 Å². The largest absolute Gasteiger partial charge is 0.379 e. The van der Waals surface area contributed by atoms with Gasteiger partial charge in [-0.2, -0.15) is 8.42 Å². The molecule has 1 saturated heterocycles. The lowest BCUT2D eigenvalue weighted by Crippen LogP contribution is -2.10. The third-order valence-electron chi connectivity index (χ3n) is 3.06. The maximum atomic E-state index is 13.1. The Bertz CT molecular complexity index is 754. The molecule has 0 radical (unpaired) electrons. The second-order valence-corrected chi connectivity index (χ2v) is 8.91. The zero-order valence-electron chi connectivity index (χ0n) is 11.4. The van der Waals surface area contributed by atoms with Crippen LogP contribution in [0.25, 0.3) is 0 Å². The van der Waals surface area contributed by atoms with Crippen LogP contribution in [0.2, 0.25) is 0 Å². The first-order valence-electron chi connectivity index (χ1n) is 6.58. The molecule has 0 amide bonds. The molecule has 7 heteroatoms. The topological polar surface area (TPSA) is 43.4 Å². The Balaban J connectivity index is 1.77. The molecule has 0 atom stereocenters. The van der Waals surface area contributed by atoms with Crippen LogP contribution in [0.5, 0.6) is 5.75 Å². The van der Waals surface area contributed by atoms with Gasteiger partial charge in [0.2, 0.25) is 0 Å². The second kappa shape index (κ2) is 6.52. The fourth-order valence-corrected chi connectivity index (χ4v) is 5.85. The molecule has 22 heavy (non-hydrogen) atoms. The van der Waals surface area contributed by atoms with Crippen LogP contribution in [-0.4, -0.2) is 19.9 Å². The summed E-state index contributed by atoms with van der Waals surface area (Å²) in [6, 6.07) is 11.8. The number of halogens is 1. The highest BCUT2D eigenvalue weighted by Crippen LogP contribution is 2.45. The Hall–Kier alpha value is -1.18. The highest BCUT2D eigenvalue weighted by Gasteiger charge is 2.20. The molecule has 2 aromatic rings. The van der Waals surface area contributed by atoms with Crippen molar-refractivity contribution in [1.29, 1.82) is 0 Å². The van der Waals surface area contributed by atoms with Crippen molar-refractivity contribution in [3.8, 4) is 5.75 Å². The highest BCUT2D eigenvalue weighted by molar-refractivity contribution is 8.19. The predicted octanol–water partition coefficient (Wildman–Crippen LogP) is 4.07. The van der Waals surface area contributed by atoms with Crippen molar-refractivity contribution in [2.45, 2.75) is 9.48 Å². The van der Waals surface area contributed by atoms with Gasteiger partial charge in [-0.25, -0.2) is 4.39 Å². The van der Waals surface area contributed by atoms with Crippen molar-refractivity contribution in [3.63, 3.8) is 0 Å². The lowest BCUT2D eigenvalue weighted by atomic mass is 10.2. The van der Waals surface area contributed by atoms with E-state index in [2.05, 4.69) is 0 Å². The normalized spacial score (nSPS) is 15.9. The Labute approximate surface area is 137 Å².